The quantitative estimate of drug-likeness (QED) is 0.298. The van der Waals surface area contributed by atoms with Crippen LogP contribution in [0, 0.1) is 19.7 Å². The van der Waals surface area contributed by atoms with E-state index >= 15 is 0 Å². The van der Waals surface area contributed by atoms with Gasteiger partial charge < -0.3 is 15.4 Å². The van der Waals surface area contributed by atoms with Gasteiger partial charge in [-0.2, -0.15) is 13.2 Å². The summed E-state index contributed by atoms with van der Waals surface area (Å²) in [6.45, 7) is 3.32. The van der Waals surface area contributed by atoms with E-state index < -0.39 is 23.5 Å². The first-order chi connectivity index (χ1) is 15.0. The van der Waals surface area contributed by atoms with Gasteiger partial charge in [0, 0.05) is 11.8 Å². The van der Waals surface area contributed by atoms with Crippen molar-refractivity contribution in [3.63, 3.8) is 0 Å². The van der Waals surface area contributed by atoms with Gasteiger partial charge in [0.05, 0.1) is 29.6 Å². The van der Waals surface area contributed by atoms with Crippen LogP contribution in [0.15, 0.2) is 47.1 Å². The first-order valence-corrected chi connectivity index (χ1v) is 10.1. The number of methoxy groups -OCH3 is 1. The minimum Gasteiger partial charge on any atom is -0.481 e. The first kappa shape index (κ1) is 23.5. The Hall–Kier alpha value is -3.14. The number of benzene rings is 2. The molecule has 0 fully saturated rings. The van der Waals surface area contributed by atoms with Gasteiger partial charge in [0.15, 0.2) is 0 Å². The smallest absolute Gasteiger partial charge is 0.416 e. The molecule has 2 N–H and O–H groups in total. The van der Waals surface area contributed by atoms with E-state index in [1.165, 1.54) is 25.3 Å². The molecule has 0 unspecified atom stereocenters. The highest BCUT2D eigenvalue weighted by Gasteiger charge is 2.32. The van der Waals surface area contributed by atoms with Gasteiger partial charge >= 0.3 is 6.18 Å². The molecule has 32 heavy (non-hydrogen) atoms. The minimum atomic E-state index is -4.61. The Morgan fingerprint density at radius 3 is 2.34 bits per heavy atom. The molecular weight excluding hydrogens is 494 g/mol. The third-order valence-electron chi connectivity index (χ3n) is 4.65. The number of hydrogen-bond donors (Lipinski definition) is 2. The molecule has 10 heteroatoms. The van der Waals surface area contributed by atoms with Crippen LogP contribution in [-0.2, 0) is 6.18 Å². The first-order valence-electron chi connectivity index (χ1n) is 9.26. The molecule has 0 aliphatic heterocycles. The zero-order valence-corrected chi connectivity index (χ0v) is 18.8. The van der Waals surface area contributed by atoms with Crippen LogP contribution in [0.3, 0.4) is 0 Å². The van der Waals surface area contributed by atoms with Gasteiger partial charge in [-0.05, 0) is 77.3 Å². The molecule has 0 aliphatic carbocycles. The Kier molecular flexibility index (Phi) is 6.73. The summed E-state index contributed by atoms with van der Waals surface area (Å²) >= 11 is 3.26. The fourth-order valence-electron chi connectivity index (χ4n) is 2.98. The molecule has 3 rings (SSSR count). The summed E-state index contributed by atoms with van der Waals surface area (Å²) in [5.41, 5.74) is 0.758. The number of hydrogen-bond acceptors (Lipinski definition) is 4. The van der Waals surface area contributed by atoms with E-state index in [9.17, 15) is 22.4 Å². The second-order valence-corrected chi connectivity index (χ2v) is 7.69. The van der Waals surface area contributed by atoms with Gasteiger partial charge in [0.25, 0.3) is 5.91 Å². The zero-order valence-electron chi connectivity index (χ0n) is 17.2. The third-order valence-corrected chi connectivity index (χ3v) is 5.22. The fourth-order valence-corrected chi connectivity index (χ4v) is 3.56. The molecule has 0 aliphatic rings. The summed E-state index contributed by atoms with van der Waals surface area (Å²) in [6.07, 6.45) is -4.61. The number of nitrogens with zero attached hydrogens (tertiary/aromatic N) is 1. The van der Waals surface area contributed by atoms with E-state index in [-0.39, 0.29) is 11.3 Å². The Morgan fingerprint density at radius 1 is 1.03 bits per heavy atom. The largest absolute Gasteiger partial charge is 0.481 e. The Balaban J connectivity index is 2.02. The van der Waals surface area contributed by atoms with Gasteiger partial charge in [-0.1, -0.05) is 0 Å². The number of pyridine rings is 1. The third kappa shape index (κ3) is 5.18. The van der Waals surface area contributed by atoms with Crippen molar-refractivity contribution in [1.82, 2.24) is 4.98 Å². The topological polar surface area (TPSA) is 63.2 Å². The average Bonchev–Trinajstić information content (AvgIpc) is 2.71. The van der Waals surface area contributed by atoms with E-state index in [1.807, 2.05) is 0 Å². The number of ether oxygens (including phenoxy) is 1. The monoisotopic (exact) mass is 511 g/mol. The number of carbonyl (C=O) groups excluding carboxylic acids is 1. The van der Waals surface area contributed by atoms with E-state index in [0.717, 1.165) is 18.2 Å². The van der Waals surface area contributed by atoms with E-state index in [1.54, 1.807) is 19.9 Å². The maximum Gasteiger partial charge on any atom is 0.416 e. The molecule has 0 spiro atoms. The molecular formula is C22H18BrF4N3O2. The van der Waals surface area contributed by atoms with Crippen molar-refractivity contribution in [3.8, 4) is 5.88 Å². The lowest BCUT2D eigenvalue weighted by atomic mass is 10.1. The summed E-state index contributed by atoms with van der Waals surface area (Å²) in [7, 11) is 1.45. The van der Waals surface area contributed by atoms with Gasteiger partial charge in [0.2, 0.25) is 5.88 Å². The summed E-state index contributed by atoms with van der Waals surface area (Å²) in [4.78, 5) is 17.1. The minimum absolute atomic E-state index is 0.0381. The Morgan fingerprint density at radius 2 is 1.75 bits per heavy atom. The standard InChI is InChI=1S/C22H18BrF4N3O2/c1-11-8-14(24)5-7-16(11)28-17-10-13(22(25,26)27)4-6-15(17)21(31)30-19-12(2)9-18(32-3)29-20(19)23/h4-10,28H,1-3H3,(H,30,31). The molecule has 0 saturated carbocycles. The summed E-state index contributed by atoms with van der Waals surface area (Å²) in [5.74, 6) is -0.810. The van der Waals surface area contributed by atoms with Gasteiger partial charge in [-0.3, -0.25) is 4.79 Å². The number of nitrogens with one attached hydrogen (secondary N) is 2. The number of rotatable bonds is 5. The number of aryl methyl sites for hydroxylation is 2. The van der Waals surface area contributed by atoms with Crippen molar-refractivity contribution < 1.29 is 27.1 Å². The Bertz CT molecular complexity index is 1160. The number of amides is 1. The number of halogens is 5. The highest BCUT2D eigenvalue weighted by Crippen LogP contribution is 2.35. The van der Waals surface area contributed by atoms with Gasteiger partial charge in [-0.25, -0.2) is 9.37 Å². The van der Waals surface area contributed by atoms with Crippen LogP contribution in [0.4, 0.5) is 34.6 Å². The molecule has 1 heterocycles. The predicted octanol–water partition coefficient (Wildman–Crippen LogP) is 6.62. The van der Waals surface area contributed by atoms with Crippen molar-refractivity contribution in [2.45, 2.75) is 20.0 Å². The maximum absolute atomic E-state index is 13.4. The summed E-state index contributed by atoms with van der Waals surface area (Å²) < 4.78 is 58.7. The van der Waals surface area contributed by atoms with Crippen LogP contribution in [0.1, 0.15) is 27.0 Å². The van der Waals surface area contributed by atoms with E-state index in [4.69, 9.17) is 4.74 Å². The normalized spacial score (nSPS) is 11.2. The fraction of sp³-hybridized carbons (Fsp3) is 0.182. The van der Waals surface area contributed by atoms with Crippen molar-refractivity contribution in [1.29, 1.82) is 0 Å². The highest BCUT2D eigenvalue weighted by atomic mass is 79.9. The number of carbonyl (C=O) groups is 1. The van der Waals surface area contributed by atoms with Crippen molar-refractivity contribution in [3.05, 3.63) is 75.1 Å². The average molecular weight is 512 g/mol. The van der Waals surface area contributed by atoms with Crippen LogP contribution in [0.5, 0.6) is 5.88 Å². The van der Waals surface area contributed by atoms with Crippen molar-refractivity contribution >= 4 is 38.9 Å². The molecule has 0 atom stereocenters. The van der Waals surface area contributed by atoms with Gasteiger partial charge in [-0.15, -0.1) is 0 Å². The van der Waals surface area contributed by atoms with Crippen molar-refractivity contribution in [2.75, 3.05) is 17.7 Å². The molecule has 5 nitrogen and oxygen atoms in total. The van der Waals surface area contributed by atoms with Crippen LogP contribution in [0.2, 0.25) is 0 Å². The second-order valence-electron chi connectivity index (χ2n) is 6.94. The molecule has 0 bridgehead atoms. The molecule has 1 aromatic heterocycles. The number of aromatic nitrogens is 1. The van der Waals surface area contributed by atoms with Crippen LogP contribution in [0.25, 0.3) is 0 Å². The van der Waals surface area contributed by atoms with E-state index in [2.05, 4.69) is 31.5 Å². The predicted molar refractivity (Wildman–Crippen MR) is 117 cm³/mol. The number of anilines is 3. The Labute approximate surface area is 189 Å². The SMILES string of the molecule is COc1cc(C)c(NC(=O)c2ccc(C(F)(F)F)cc2Nc2ccc(F)cc2C)c(Br)n1. The maximum atomic E-state index is 13.4. The molecule has 0 radical (unpaired) electrons. The van der Waals surface area contributed by atoms with Crippen LogP contribution < -0.4 is 15.4 Å². The summed E-state index contributed by atoms with van der Waals surface area (Å²) in [6, 6.07) is 8.15. The highest BCUT2D eigenvalue weighted by molar-refractivity contribution is 9.10. The molecule has 3 aromatic rings. The second kappa shape index (κ2) is 9.15. The number of alkyl halides is 3. The lowest BCUT2D eigenvalue weighted by Crippen LogP contribution is -2.17. The molecule has 1 amide bonds. The molecule has 2 aromatic carbocycles. The molecule has 168 valence electrons. The summed E-state index contributed by atoms with van der Waals surface area (Å²) in [5, 5.41) is 5.49. The van der Waals surface area contributed by atoms with Crippen LogP contribution >= 0.6 is 15.9 Å². The van der Waals surface area contributed by atoms with E-state index in [0.29, 0.717) is 33.0 Å². The zero-order chi connectivity index (χ0) is 23.6. The van der Waals surface area contributed by atoms with Gasteiger partial charge in [0.1, 0.15) is 10.4 Å². The van der Waals surface area contributed by atoms with Crippen LogP contribution in [-0.4, -0.2) is 18.0 Å². The lowest BCUT2D eigenvalue weighted by molar-refractivity contribution is -0.137. The van der Waals surface area contributed by atoms with Crippen molar-refractivity contribution in [2.24, 2.45) is 0 Å². The lowest BCUT2D eigenvalue weighted by Gasteiger charge is -2.17. The molecule has 0 saturated heterocycles.